The first-order valence-electron chi connectivity index (χ1n) is 7.63. The Morgan fingerprint density at radius 1 is 1.08 bits per heavy atom. The lowest BCUT2D eigenvalue weighted by Gasteiger charge is -2.20. The molecule has 0 radical (unpaired) electrons. The number of hydrogen-bond donors (Lipinski definition) is 0. The second-order valence-corrected chi connectivity index (χ2v) is 6.43. The van der Waals surface area contributed by atoms with Crippen LogP contribution in [0.15, 0.2) is 24.3 Å². The van der Waals surface area contributed by atoms with Crippen molar-refractivity contribution in [3.63, 3.8) is 0 Å². The first kappa shape index (κ1) is 17.7. The van der Waals surface area contributed by atoms with E-state index in [0.29, 0.717) is 11.1 Å². The Bertz CT molecular complexity index is 705. The molecule has 0 aromatic heterocycles. The Kier molecular flexibility index (Phi) is 4.73. The molecule has 2 rings (SSSR count). The van der Waals surface area contributed by atoms with Gasteiger partial charge in [0.1, 0.15) is 5.60 Å². The summed E-state index contributed by atoms with van der Waals surface area (Å²) in [5, 5.41) is 0. The molecule has 0 bridgehead atoms. The summed E-state index contributed by atoms with van der Waals surface area (Å²) in [4.78, 5) is 49.6. The highest BCUT2D eigenvalue weighted by Crippen LogP contribution is 2.18. The average Bonchev–Trinajstić information content (AvgIpc) is 2.69. The van der Waals surface area contributed by atoms with Crippen molar-refractivity contribution in [1.82, 2.24) is 9.80 Å². The number of rotatable bonds is 4. The minimum Gasteiger partial charge on any atom is -0.456 e. The number of benzene rings is 1. The molecule has 1 aliphatic rings. The van der Waals surface area contributed by atoms with Gasteiger partial charge in [0.15, 0.2) is 0 Å². The van der Waals surface area contributed by atoms with E-state index in [1.54, 1.807) is 52.0 Å². The van der Waals surface area contributed by atoms with Crippen LogP contribution < -0.4 is 0 Å². The molecule has 4 amide bonds. The predicted octanol–water partition coefficient (Wildman–Crippen LogP) is 1.95. The van der Waals surface area contributed by atoms with E-state index in [1.165, 1.54) is 0 Å². The highest BCUT2D eigenvalue weighted by molar-refractivity contribution is 6.44. The summed E-state index contributed by atoms with van der Waals surface area (Å²) in [6, 6.07) is 5.81. The lowest BCUT2D eigenvalue weighted by atomic mass is 10.1. The molecular weight excluding hydrogens is 312 g/mol. The van der Waals surface area contributed by atoms with Crippen molar-refractivity contribution in [2.75, 3.05) is 6.54 Å². The number of nitrogens with zero attached hydrogens (tertiary/aromatic N) is 2. The standard InChI is InChI=1S/C17H20N2O5/c1-5-18-13(20)14(21)19(16(18)23)10-11-7-6-8-12(9-11)15(22)24-17(2,3)4/h6-9H,5,10H2,1-4H3. The summed E-state index contributed by atoms with van der Waals surface area (Å²) in [6.45, 7) is 6.98. The number of carbonyl (C=O) groups excluding carboxylic acids is 4. The van der Waals surface area contributed by atoms with Gasteiger partial charge in [-0.3, -0.25) is 19.4 Å². The zero-order valence-corrected chi connectivity index (χ0v) is 14.2. The second-order valence-electron chi connectivity index (χ2n) is 6.43. The minimum absolute atomic E-state index is 0.0729. The number of likely N-dealkylation sites (N-methyl/N-ethyl adjacent to an activating group) is 1. The zero-order valence-electron chi connectivity index (χ0n) is 14.2. The molecule has 1 heterocycles. The molecule has 128 valence electrons. The molecule has 24 heavy (non-hydrogen) atoms. The van der Waals surface area contributed by atoms with Gasteiger partial charge in [-0.1, -0.05) is 12.1 Å². The molecule has 0 atom stereocenters. The molecule has 1 aromatic rings. The topological polar surface area (TPSA) is 84.0 Å². The normalized spacial score (nSPS) is 15.2. The number of ether oxygens (including phenoxy) is 1. The fourth-order valence-electron chi connectivity index (χ4n) is 2.28. The van der Waals surface area contributed by atoms with E-state index in [4.69, 9.17) is 4.74 Å². The van der Waals surface area contributed by atoms with Crippen LogP contribution in [-0.4, -0.2) is 45.8 Å². The van der Waals surface area contributed by atoms with E-state index in [1.807, 2.05) is 0 Å². The molecule has 0 unspecified atom stereocenters. The first-order valence-corrected chi connectivity index (χ1v) is 7.63. The van der Waals surface area contributed by atoms with Gasteiger partial charge < -0.3 is 4.74 Å². The highest BCUT2D eigenvalue weighted by atomic mass is 16.6. The third-order valence-electron chi connectivity index (χ3n) is 3.35. The first-order chi connectivity index (χ1) is 11.1. The van der Waals surface area contributed by atoms with Crippen molar-refractivity contribution >= 4 is 23.8 Å². The minimum atomic E-state index is -0.857. The van der Waals surface area contributed by atoms with Gasteiger partial charge in [-0.2, -0.15) is 0 Å². The Labute approximate surface area is 140 Å². The van der Waals surface area contributed by atoms with Crippen molar-refractivity contribution in [2.45, 2.75) is 39.8 Å². The molecule has 7 nitrogen and oxygen atoms in total. The van der Waals surface area contributed by atoms with E-state index in [-0.39, 0.29) is 13.1 Å². The molecule has 1 aliphatic heterocycles. The molecule has 0 aliphatic carbocycles. The van der Waals surface area contributed by atoms with Crippen molar-refractivity contribution < 1.29 is 23.9 Å². The fourth-order valence-corrected chi connectivity index (χ4v) is 2.28. The largest absolute Gasteiger partial charge is 0.456 e. The summed E-state index contributed by atoms with van der Waals surface area (Å²) in [6.07, 6.45) is 0. The van der Waals surface area contributed by atoms with Crippen LogP contribution in [0.2, 0.25) is 0 Å². The molecule has 1 saturated heterocycles. The van der Waals surface area contributed by atoms with Crippen LogP contribution in [0.1, 0.15) is 43.6 Å². The van der Waals surface area contributed by atoms with Gasteiger partial charge in [0.2, 0.25) is 0 Å². The SMILES string of the molecule is CCN1C(=O)C(=O)N(Cc2cccc(C(=O)OC(C)(C)C)c2)C1=O. The summed E-state index contributed by atoms with van der Waals surface area (Å²) < 4.78 is 5.29. The van der Waals surface area contributed by atoms with Gasteiger partial charge in [-0.15, -0.1) is 0 Å². The molecular formula is C17H20N2O5. The van der Waals surface area contributed by atoms with Crippen LogP contribution in [0, 0.1) is 0 Å². The molecule has 0 spiro atoms. The van der Waals surface area contributed by atoms with Gasteiger partial charge in [-0.25, -0.2) is 9.59 Å². The van der Waals surface area contributed by atoms with Gasteiger partial charge in [0.05, 0.1) is 12.1 Å². The van der Waals surface area contributed by atoms with Crippen LogP contribution in [0.25, 0.3) is 0 Å². The number of hydrogen-bond acceptors (Lipinski definition) is 5. The molecule has 1 aromatic carbocycles. The zero-order chi connectivity index (χ0) is 18.1. The maximum Gasteiger partial charge on any atom is 0.338 e. The number of esters is 1. The molecule has 1 fully saturated rings. The van der Waals surface area contributed by atoms with Crippen molar-refractivity contribution in [3.8, 4) is 0 Å². The van der Waals surface area contributed by atoms with Gasteiger partial charge in [0.25, 0.3) is 0 Å². The number of urea groups is 1. The lowest BCUT2D eigenvalue weighted by Crippen LogP contribution is -2.32. The summed E-state index contributed by atoms with van der Waals surface area (Å²) in [5.74, 6) is -2.18. The Morgan fingerprint density at radius 3 is 2.25 bits per heavy atom. The second kappa shape index (κ2) is 6.43. The third kappa shape index (κ3) is 3.61. The Hall–Kier alpha value is -2.70. The fraction of sp³-hybridized carbons (Fsp3) is 0.412. The van der Waals surface area contributed by atoms with E-state index in [0.717, 1.165) is 9.80 Å². The predicted molar refractivity (Wildman–Crippen MR) is 84.9 cm³/mol. The van der Waals surface area contributed by atoms with Crippen LogP contribution in [0.4, 0.5) is 4.79 Å². The van der Waals surface area contributed by atoms with Crippen LogP contribution in [0.3, 0.4) is 0 Å². The molecule has 0 saturated carbocycles. The monoisotopic (exact) mass is 332 g/mol. The molecule has 0 N–H and O–H groups in total. The van der Waals surface area contributed by atoms with Crippen LogP contribution >= 0.6 is 0 Å². The van der Waals surface area contributed by atoms with E-state index < -0.39 is 29.4 Å². The van der Waals surface area contributed by atoms with Gasteiger partial charge >= 0.3 is 23.8 Å². The Balaban J connectivity index is 2.18. The van der Waals surface area contributed by atoms with E-state index in [9.17, 15) is 19.2 Å². The summed E-state index contributed by atoms with van der Waals surface area (Å²) in [7, 11) is 0. The molecule has 7 heteroatoms. The van der Waals surface area contributed by atoms with E-state index in [2.05, 4.69) is 0 Å². The summed E-state index contributed by atoms with van der Waals surface area (Å²) >= 11 is 0. The van der Waals surface area contributed by atoms with Crippen LogP contribution in [0.5, 0.6) is 0 Å². The lowest BCUT2D eigenvalue weighted by molar-refractivity contribution is -0.143. The average molecular weight is 332 g/mol. The van der Waals surface area contributed by atoms with Gasteiger partial charge in [-0.05, 0) is 45.4 Å². The maximum absolute atomic E-state index is 12.1. The number of amides is 4. The van der Waals surface area contributed by atoms with Crippen molar-refractivity contribution in [3.05, 3.63) is 35.4 Å². The van der Waals surface area contributed by atoms with Gasteiger partial charge in [0, 0.05) is 6.54 Å². The summed E-state index contributed by atoms with van der Waals surface area (Å²) in [5.41, 5.74) is 0.258. The van der Waals surface area contributed by atoms with Crippen molar-refractivity contribution in [1.29, 1.82) is 0 Å². The smallest absolute Gasteiger partial charge is 0.338 e. The highest BCUT2D eigenvalue weighted by Gasteiger charge is 2.43. The van der Waals surface area contributed by atoms with E-state index >= 15 is 0 Å². The number of carbonyl (C=O) groups is 4. The quantitative estimate of drug-likeness (QED) is 0.478. The number of imide groups is 2. The Morgan fingerprint density at radius 2 is 1.71 bits per heavy atom. The third-order valence-corrected chi connectivity index (χ3v) is 3.35. The maximum atomic E-state index is 12.1. The van der Waals surface area contributed by atoms with Crippen molar-refractivity contribution in [2.24, 2.45) is 0 Å². The van der Waals surface area contributed by atoms with Crippen LogP contribution in [-0.2, 0) is 20.9 Å².